The van der Waals surface area contributed by atoms with Crippen molar-refractivity contribution in [3.8, 4) is 0 Å². The van der Waals surface area contributed by atoms with E-state index in [-0.39, 0.29) is 27.9 Å². The molecule has 0 saturated carbocycles. The third kappa shape index (κ3) is 3.38. The van der Waals surface area contributed by atoms with Crippen LogP contribution in [0.1, 0.15) is 17.3 Å². The summed E-state index contributed by atoms with van der Waals surface area (Å²) >= 11 is 4.30. The van der Waals surface area contributed by atoms with Gasteiger partial charge in [0.05, 0.1) is 11.5 Å². The van der Waals surface area contributed by atoms with Gasteiger partial charge in [0.15, 0.2) is 5.82 Å². The number of rotatable bonds is 5. The zero-order valence-corrected chi connectivity index (χ0v) is 15.5. The van der Waals surface area contributed by atoms with Gasteiger partial charge in [0.25, 0.3) is 10.0 Å². The highest BCUT2D eigenvalue weighted by atomic mass is 79.9. The van der Waals surface area contributed by atoms with Crippen LogP contribution in [-0.2, 0) is 14.8 Å². The zero-order chi connectivity index (χ0) is 17.2. The summed E-state index contributed by atoms with van der Waals surface area (Å²) in [5, 5.41) is 3.94. The van der Waals surface area contributed by atoms with Crippen LogP contribution in [0, 0.1) is 0 Å². The lowest BCUT2D eigenvalue weighted by Gasteiger charge is -2.08. The van der Waals surface area contributed by atoms with Crippen molar-refractivity contribution in [2.24, 2.45) is 0 Å². The molecule has 0 aliphatic heterocycles. The summed E-state index contributed by atoms with van der Waals surface area (Å²) in [6.07, 6.45) is 1.63. The summed E-state index contributed by atoms with van der Waals surface area (Å²) in [5.41, 5.74) is 5.69. The Hall–Kier alpha value is -1.52. The lowest BCUT2D eigenvalue weighted by molar-refractivity contribution is 0.0523. The first-order valence-electron chi connectivity index (χ1n) is 6.43. The van der Waals surface area contributed by atoms with Gasteiger partial charge in [-0.2, -0.15) is 8.42 Å². The molecule has 0 amide bonds. The molecule has 124 valence electrons. The Morgan fingerprint density at radius 2 is 2.00 bits per heavy atom. The van der Waals surface area contributed by atoms with Crippen LogP contribution in [0.15, 0.2) is 38.7 Å². The van der Waals surface area contributed by atoms with Gasteiger partial charge in [-0.05, 0) is 37.4 Å². The number of esters is 1. The van der Waals surface area contributed by atoms with E-state index in [1.165, 1.54) is 12.1 Å². The Balaban J connectivity index is 2.61. The molecule has 2 rings (SSSR count). The largest absolute Gasteiger partial charge is 0.462 e. The predicted octanol–water partition coefficient (Wildman–Crippen LogP) is 2.36. The van der Waals surface area contributed by atoms with E-state index in [2.05, 4.69) is 21.0 Å². The minimum atomic E-state index is -3.97. The van der Waals surface area contributed by atoms with Crippen LogP contribution >= 0.6 is 27.7 Å². The van der Waals surface area contributed by atoms with E-state index in [0.29, 0.717) is 0 Å². The van der Waals surface area contributed by atoms with E-state index >= 15 is 0 Å². The number of thioether (sulfide) groups is 1. The molecule has 2 N–H and O–H groups in total. The Labute approximate surface area is 146 Å². The number of ether oxygens (including phenoxy) is 1. The predicted molar refractivity (Wildman–Crippen MR) is 91.1 cm³/mol. The van der Waals surface area contributed by atoms with Crippen molar-refractivity contribution < 1.29 is 17.9 Å². The lowest BCUT2D eigenvalue weighted by atomic mass is 10.3. The minimum absolute atomic E-state index is 0.0360. The van der Waals surface area contributed by atoms with E-state index in [1.54, 1.807) is 25.3 Å². The SMILES string of the molecule is CCOC(=O)c1c(N)nn(S(=O)(=O)c2ccc(Br)cc2)c1SC. The van der Waals surface area contributed by atoms with Gasteiger partial charge < -0.3 is 10.5 Å². The first-order valence-corrected chi connectivity index (χ1v) is 9.89. The molecule has 0 bridgehead atoms. The number of carbonyl (C=O) groups is 1. The van der Waals surface area contributed by atoms with Crippen LogP contribution in [0.3, 0.4) is 0 Å². The molecule has 0 aliphatic rings. The summed E-state index contributed by atoms with van der Waals surface area (Å²) in [4.78, 5) is 12.0. The molecule has 1 aromatic carbocycles. The van der Waals surface area contributed by atoms with Crippen LogP contribution in [0.25, 0.3) is 0 Å². The second kappa shape index (κ2) is 6.93. The van der Waals surface area contributed by atoms with E-state index < -0.39 is 16.0 Å². The van der Waals surface area contributed by atoms with E-state index in [1.807, 2.05) is 0 Å². The van der Waals surface area contributed by atoms with Crippen molar-refractivity contribution in [3.63, 3.8) is 0 Å². The van der Waals surface area contributed by atoms with Crippen LogP contribution in [0.4, 0.5) is 5.82 Å². The molecule has 23 heavy (non-hydrogen) atoms. The summed E-state index contributed by atoms with van der Waals surface area (Å²) in [5.74, 6) is -0.889. The van der Waals surface area contributed by atoms with Gasteiger partial charge in [0.2, 0.25) is 0 Å². The number of nitrogens with zero attached hydrogens (tertiary/aromatic N) is 2. The summed E-state index contributed by atoms with van der Waals surface area (Å²) in [7, 11) is -3.97. The van der Waals surface area contributed by atoms with Crippen molar-refractivity contribution in [2.75, 3.05) is 18.6 Å². The number of nitrogen functional groups attached to an aromatic ring is 1. The van der Waals surface area contributed by atoms with E-state index in [9.17, 15) is 13.2 Å². The number of hydrogen-bond acceptors (Lipinski definition) is 7. The number of benzene rings is 1. The fraction of sp³-hybridized carbons (Fsp3) is 0.231. The van der Waals surface area contributed by atoms with Crippen molar-refractivity contribution in [1.29, 1.82) is 0 Å². The molecule has 1 heterocycles. The number of aromatic nitrogens is 2. The average Bonchev–Trinajstić information content (AvgIpc) is 2.85. The molecular formula is C13H14BrN3O4S2. The highest BCUT2D eigenvalue weighted by Crippen LogP contribution is 2.30. The van der Waals surface area contributed by atoms with Gasteiger partial charge in [-0.25, -0.2) is 4.79 Å². The molecule has 2 aromatic rings. The number of halogens is 1. The maximum atomic E-state index is 12.7. The Kier molecular flexibility index (Phi) is 5.37. The summed E-state index contributed by atoms with van der Waals surface area (Å²) in [6, 6.07) is 6.08. The number of hydrogen-bond donors (Lipinski definition) is 1. The van der Waals surface area contributed by atoms with Crippen molar-refractivity contribution >= 4 is 49.5 Å². The monoisotopic (exact) mass is 419 g/mol. The van der Waals surface area contributed by atoms with Crippen LogP contribution in [0.5, 0.6) is 0 Å². The zero-order valence-electron chi connectivity index (χ0n) is 12.3. The highest BCUT2D eigenvalue weighted by molar-refractivity contribution is 9.10. The fourth-order valence-corrected chi connectivity index (χ4v) is 4.40. The second-order valence-corrected chi connectivity index (χ2v) is 7.77. The lowest BCUT2D eigenvalue weighted by Crippen LogP contribution is -2.16. The Morgan fingerprint density at radius 1 is 1.39 bits per heavy atom. The smallest absolute Gasteiger partial charge is 0.344 e. The van der Waals surface area contributed by atoms with Crippen molar-refractivity contribution in [1.82, 2.24) is 9.19 Å². The standard InChI is InChI=1S/C13H14BrN3O4S2/c1-3-21-13(18)10-11(15)16-17(12(10)22-2)23(19,20)9-6-4-8(14)5-7-9/h4-7H,3H2,1-2H3,(H2,15,16). The molecule has 0 saturated heterocycles. The maximum Gasteiger partial charge on any atom is 0.344 e. The first kappa shape index (κ1) is 17.8. The van der Waals surface area contributed by atoms with Gasteiger partial charge in [-0.3, -0.25) is 0 Å². The highest BCUT2D eigenvalue weighted by Gasteiger charge is 2.29. The minimum Gasteiger partial charge on any atom is -0.462 e. The first-order chi connectivity index (χ1) is 10.8. The molecule has 0 spiro atoms. The van der Waals surface area contributed by atoms with Crippen molar-refractivity contribution in [2.45, 2.75) is 16.8 Å². The molecule has 1 aromatic heterocycles. The topological polar surface area (TPSA) is 104 Å². The van der Waals surface area contributed by atoms with Crippen LogP contribution < -0.4 is 5.73 Å². The molecular weight excluding hydrogens is 406 g/mol. The van der Waals surface area contributed by atoms with Gasteiger partial charge in [0, 0.05) is 4.47 Å². The average molecular weight is 420 g/mol. The van der Waals surface area contributed by atoms with Crippen molar-refractivity contribution in [3.05, 3.63) is 34.3 Å². The van der Waals surface area contributed by atoms with Gasteiger partial charge in [-0.1, -0.05) is 15.9 Å². The molecule has 0 unspecified atom stereocenters. The second-order valence-electron chi connectivity index (χ2n) is 4.29. The number of carbonyl (C=O) groups excluding carboxylic acids is 1. The molecule has 0 atom stereocenters. The molecule has 0 fully saturated rings. The third-order valence-electron chi connectivity index (χ3n) is 2.85. The van der Waals surface area contributed by atoms with Gasteiger partial charge in [0.1, 0.15) is 10.6 Å². The molecule has 10 heteroatoms. The Bertz CT molecular complexity index is 832. The van der Waals surface area contributed by atoms with E-state index in [4.69, 9.17) is 10.5 Å². The molecule has 0 aliphatic carbocycles. The van der Waals surface area contributed by atoms with Crippen LogP contribution in [-0.4, -0.2) is 36.4 Å². The normalized spacial score (nSPS) is 11.4. The third-order valence-corrected chi connectivity index (χ3v) is 5.85. The summed E-state index contributed by atoms with van der Waals surface area (Å²) in [6.45, 7) is 1.80. The van der Waals surface area contributed by atoms with Gasteiger partial charge in [-0.15, -0.1) is 20.9 Å². The summed E-state index contributed by atoms with van der Waals surface area (Å²) < 4.78 is 31.9. The maximum absolute atomic E-state index is 12.7. The molecule has 7 nitrogen and oxygen atoms in total. The molecule has 0 radical (unpaired) electrons. The van der Waals surface area contributed by atoms with Crippen LogP contribution in [0.2, 0.25) is 0 Å². The fourth-order valence-electron chi connectivity index (χ4n) is 1.84. The van der Waals surface area contributed by atoms with Gasteiger partial charge >= 0.3 is 5.97 Å². The number of anilines is 1. The number of nitrogens with two attached hydrogens (primary N) is 1. The Morgan fingerprint density at radius 3 is 2.52 bits per heavy atom. The van der Waals surface area contributed by atoms with E-state index in [0.717, 1.165) is 20.3 Å². The quantitative estimate of drug-likeness (QED) is 0.585.